The van der Waals surface area contributed by atoms with Gasteiger partial charge >= 0.3 is 5.97 Å². The van der Waals surface area contributed by atoms with E-state index in [0.29, 0.717) is 23.3 Å². The van der Waals surface area contributed by atoms with Crippen molar-refractivity contribution in [2.45, 2.75) is 44.2 Å². The quantitative estimate of drug-likeness (QED) is 0.774. The molecule has 0 spiro atoms. The van der Waals surface area contributed by atoms with E-state index in [9.17, 15) is 9.59 Å². The van der Waals surface area contributed by atoms with Crippen LogP contribution in [0.3, 0.4) is 0 Å². The minimum atomic E-state index is -0.442. The van der Waals surface area contributed by atoms with Crippen molar-refractivity contribution in [3.63, 3.8) is 0 Å². The lowest BCUT2D eigenvalue weighted by molar-refractivity contribution is 0.0588. The lowest BCUT2D eigenvalue weighted by Crippen LogP contribution is -2.44. The Morgan fingerprint density at radius 1 is 1.25 bits per heavy atom. The zero-order chi connectivity index (χ0) is 14.1. The first-order valence-corrected chi connectivity index (χ1v) is 7.07. The number of fused-ring (bicyclic) bond motifs is 2. The van der Waals surface area contributed by atoms with Crippen LogP contribution in [-0.4, -0.2) is 41.0 Å². The monoisotopic (exact) mass is 274 g/mol. The van der Waals surface area contributed by atoms with E-state index >= 15 is 0 Å². The third-order valence-corrected chi connectivity index (χ3v) is 4.33. The third kappa shape index (κ3) is 2.17. The van der Waals surface area contributed by atoms with Gasteiger partial charge in [-0.15, -0.1) is 0 Å². The largest absolute Gasteiger partial charge is 0.465 e. The molecule has 1 amide bonds. The molecule has 0 N–H and O–H groups in total. The van der Waals surface area contributed by atoms with Gasteiger partial charge in [0.1, 0.15) is 5.69 Å². The first kappa shape index (κ1) is 13.1. The van der Waals surface area contributed by atoms with Gasteiger partial charge in [-0.1, -0.05) is 0 Å². The van der Waals surface area contributed by atoms with Gasteiger partial charge in [-0.3, -0.25) is 9.78 Å². The van der Waals surface area contributed by atoms with Crippen LogP contribution in [0.4, 0.5) is 0 Å². The summed E-state index contributed by atoms with van der Waals surface area (Å²) in [4.78, 5) is 30.3. The smallest absolute Gasteiger partial charge is 0.337 e. The molecular formula is C15H18N2O3. The maximum absolute atomic E-state index is 12.6. The summed E-state index contributed by atoms with van der Waals surface area (Å²) < 4.78 is 4.68. The SMILES string of the molecule is COC(=O)c1ccnc(C(=O)N2C3CCCC2CC3)c1. The fourth-order valence-corrected chi connectivity index (χ4v) is 3.37. The zero-order valence-electron chi connectivity index (χ0n) is 11.5. The van der Waals surface area contributed by atoms with E-state index in [2.05, 4.69) is 9.72 Å². The highest BCUT2D eigenvalue weighted by atomic mass is 16.5. The fourth-order valence-electron chi connectivity index (χ4n) is 3.37. The molecule has 0 saturated carbocycles. The van der Waals surface area contributed by atoms with Gasteiger partial charge in [-0.25, -0.2) is 4.79 Å². The molecule has 0 aromatic carbocycles. The van der Waals surface area contributed by atoms with Gasteiger partial charge in [0, 0.05) is 18.3 Å². The maximum atomic E-state index is 12.6. The summed E-state index contributed by atoms with van der Waals surface area (Å²) in [5, 5.41) is 0. The van der Waals surface area contributed by atoms with Crippen LogP contribution in [-0.2, 0) is 4.74 Å². The molecule has 20 heavy (non-hydrogen) atoms. The van der Waals surface area contributed by atoms with Gasteiger partial charge in [-0.05, 0) is 44.2 Å². The summed E-state index contributed by atoms with van der Waals surface area (Å²) in [6.45, 7) is 0. The third-order valence-electron chi connectivity index (χ3n) is 4.33. The number of aromatic nitrogens is 1. The molecule has 2 aliphatic heterocycles. The summed E-state index contributed by atoms with van der Waals surface area (Å²) in [7, 11) is 1.33. The molecular weight excluding hydrogens is 256 g/mol. The number of pyridine rings is 1. The molecule has 3 heterocycles. The Kier molecular flexibility index (Phi) is 3.42. The molecule has 0 aliphatic carbocycles. The Morgan fingerprint density at radius 3 is 2.60 bits per heavy atom. The van der Waals surface area contributed by atoms with Gasteiger partial charge in [0.25, 0.3) is 5.91 Å². The van der Waals surface area contributed by atoms with Gasteiger partial charge < -0.3 is 9.64 Å². The van der Waals surface area contributed by atoms with Crippen LogP contribution in [0.5, 0.6) is 0 Å². The Balaban J connectivity index is 1.85. The van der Waals surface area contributed by atoms with Crippen molar-refractivity contribution in [2.75, 3.05) is 7.11 Å². The molecule has 2 saturated heterocycles. The van der Waals surface area contributed by atoms with Crippen molar-refractivity contribution in [1.29, 1.82) is 0 Å². The molecule has 2 atom stereocenters. The number of nitrogens with zero attached hydrogens (tertiary/aromatic N) is 2. The molecule has 5 nitrogen and oxygen atoms in total. The highest BCUT2D eigenvalue weighted by Crippen LogP contribution is 2.36. The van der Waals surface area contributed by atoms with Crippen molar-refractivity contribution >= 4 is 11.9 Å². The minimum Gasteiger partial charge on any atom is -0.465 e. The second-order valence-electron chi connectivity index (χ2n) is 5.45. The summed E-state index contributed by atoms with van der Waals surface area (Å²) in [6.07, 6.45) is 7.04. The first-order chi connectivity index (χ1) is 9.70. The molecule has 1 aromatic heterocycles. The van der Waals surface area contributed by atoms with Crippen LogP contribution >= 0.6 is 0 Å². The average molecular weight is 274 g/mol. The van der Waals surface area contributed by atoms with E-state index in [1.165, 1.54) is 25.8 Å². The van der Waals surface area contributed by atoms with Crippen molar-refractivity contribution in [3.8, 4) is 0 Å². The standard InChI is InChI=1S/C15H18N2O3/c1-20-15(19)10-7-8-16-13(9-10)14(18)17-11-3-2-4-12(17)6-5-11/h7-9,11-12H,2-6H2,1H3. The van der Waals surface area contributed by atoms with Crippen LogP contribution in [0.2, 0.25) is 0 Å². The number of piperidine rings is 1. The average Bonchev–Trinajstić information content (AvgIpc) is 2.74. The fraction of sp³-hybridized carbons (Fsp3) is 0.533. The number of carbonyl (C=O) groups is 2. The zero-order valence-corrected chi connectivity index (χ0v) is 11.5. The van der Waals surface area contributed by atoms with Crippen molar-refractivity contribution in [3.05, 3.63) is 29.6 Å². The van der Waals surface area contributed by atoms with E-state index in [1.807, 2.05) is 4.90 Å². The molecule has 0 radical (unpaired) electrons. The van der Waals surface area contributed by atoms with E-state index in [4.69, 9.17) is 0 Å². The normalized spacial score (nSPS) is 24.6. The predicted octanol–water partition coefficient (Wildman–Crippen LogP) is 2.03. The number of carbonyl (C=O) groups excluding carboxylic acids is 2. The molecule has 1 aromatic rings. The number of hydrogen-bond donors (Lipinski definition) is 0. The van der Waals surface area contributed by atoms with Crippen LogP contribution in [0, 0.1) is 0 Å². The first-order valence-electron chi connectivity index (χ1n) is 7.07. The number of amides is 1. The Morgan fingerprint density at radius 2 is 1.95 bits per heavy atom. The summed E-state index contributed by atoms with van der Waals surface area (Å²) in [6, 6.07) is 3.80. The Labute approximate surface area is 117 Å². The number of rotatable bonds is 2. The lowest BCUT2D eigenvalue weighted by Gasteiger charge is -2.34. The van der Waals surface area contributed by atoms with Crippen molar-refractivity contribution in [2.24, 2.45) is 0 Å². The van der Waals surface area contributed by atoms with E-state index in [-0.39, 0.29) is 5.91 Å². The lowest BCUT2D eigenvalue weighted by atomic mass is 10.0. The number of hydrogen-bond acceptors (Lipinski definition) is 4. The second-order valence-corrected chi connectivity index (χ2v) is 5.45. The summed E-state index contributed by atoms with van der Waals surface area (Å²) in [5.74, 6) is -0.494. The van der Waals surface area contributed by atoms with Crippen molar-refractivity contribution < 1.29 is 14.3 Å². The van der Waals surface area contributed by atoms with Crippen LogP contribution in [0.1, 0.15) is 53.0 Å². The number of methoxy groups -OCH3 is 1. The van der Waals surface area contributed by atoms with Gasteiger partial charge in [0.15, 0.2) is 0 Å². The van der Waals surface area contributed by atoms with Crippen LogP contribution in [0.15, 0.2) is 18.3 Å². The molecule has 5 heteroatoms. The molecule has 106 valence electrons. The molecule has 2 aliphatic rings. The van der Waals surface area contributed by atoms with Crippen LogP contribution < -0.4 is 0 Å². The molecule has 2 unspecified atom stereocenters. The van der Waals surface area contributed by atoms with E-state index < -0.39 is 5.97 Å². The highest BCUT2D eigenvalue weighted by molar-refractivity contribution is 5.96. The predicted molar refractivity (Wildman–Crippen MR) is 72.4 cm³/mol. The summed E-state index contributed by atoms with van der Waals surface area (Å²) >= 11 is 0. The number of ether oxygens (including phenoxy) is 1. The Hall–Kier alpha value is -1.91. The highest BCUT2D eigenvalue weighted by Gasteiger charge is 2.40. The van der Waals surface area contributed by atoms with Gasteiger partial charge in [0.05, 0.1) is 12.7 Å². The van der Waals surface area contributed by atoms with E-state index in [1.54, 1.807) is 6.07 Å². The van der Waals surface area contributed by atoms with Gasteiger partial charge in [0.2, 0.25) is 0 Å². The van der Waals surface area contributed by atoms with Gasteiger partial charge in [-0.2, -0.15) is 0 Å². The molecule has 2 bridgehead atoms. The summed E-state index contributed by atoms with van der Waals surface area (Å²) in [5.41, 5.74) is 0.710. The topological polar surface area (TPSA) is 59.5 Å². The van der Waals surface area contributed by atoms with Crippen LogP contribution in [0.25, 0.3) is 0 Å². The Bertz CT molecular complexity index is 528. The maximum Gasteiger partial charge on any atom is 0.337 e. The molecule has 2 fully saturated rings. The van der Waals surface area contributed by atoms with E-state index in [0.717, 1.165) is 25.7 Å². The van der Waals surface area contributed by atoms with Crippen molar-refractivity contribution in [1.82, 2.24) is 9.88 Å². The second kappa shape index (κ2) is 5.23. The minimum absolute atomic E-state index is 0.0528. The number of esters is 1. The molecule has 3 rings (SSSR count).